The molecule has 0 N–H and O–H groups in total. The Bertz CT molecular complexity index is 1220. The number of para-hydroxylation sites is 1. The molecule has 8 nitrogen and oxygen atoms in total. The Morgan fingerprint density at radius 3 is 2.27 bits per heavy atom. The van der Waals surface area contributed by atoms with Crippen LogP contribution < -0.4 is 9.64 Å². The SMILES string of the molecule is COc1ccccc1C1C(C(=O)C(C)(C)C)C(=O)C(=O)N1c1ccc(-c2nnc(C)o2)cc1. The molecule has 1 aromatic heterocycles. The van der Waals surface area contributed by atoms with E-state index >= 15 is 0 Å². The lowest BCUT2D eigenvalue weighted by atomic mass is 9.77. The van der Waals surface area contributed by atoms with Crippen molar-refractivity contribution in [2.45, 2.75) is 33.7 Å². The Kier molecular flexibility index (Phi) is 5.61. The van der Waals surface area contributed by atoms with Gasteiger partial charge in [-0.3, -0.25) is 19.3 Å². The van der Waals surface area contributed by atoms with Gasteiger partial charge in [-0.15, -0.1) is 10.2 Å². The van der Waals surface area contributed by atoms with Gasteiger partial charge in [0.1, 0.15) is 11.7 Å². The molecule has 0 radical (unpaired) electrons. The number of methoxy groups -OCH3 is 1. The molecule has 2 heterocycles. The van der Waals surface area contributed by atoms with Crippen LogP contribution in [0, 0.1) is 18.3 Å². The van der Waals surface area contributed by atoms with Gasteiger partial charge in [-0.05, 0) is 30.3 Å². The van der Waals surface area contributed by atoms with Crippen LogP contribution in [0.1, 0.15) is 38.3 Å². The minimum atomic E-state index is -1.15. The summed E-state index contributed by atoms with van der Waals surface area (Å²) < 4.78 is 11.0. The number of benzene rings is 2. The number of carbonyl (C=O) groups is 3. The van der Waals surface area contributed by atoms with Crippen LogP contribution in [0.3, 0.4) is 0 Å². The number of anilines is 1. The average molecular weight is 447 g/mol. The normalized spacial score (nSPS) is 18.6. The van der Waals surface area contributed by atoms with Crippen LogP contribution in [0.4, 0.5) is 5.69 Å². The molecule has 2 atom stereocenters. The standard InChI is InChI=1S/C25H25N3O5/c1-14-26-27-23(33-14)15-10-12-16(13-11-15)28-20(17-8-6-7-9-18(17)32-5)19(21(29)24(28)31)22(30)25(2,3)4/h6-13,19-20H,1-5H3. The summed E-state index contributed by atoms with van der Waals surface area (Å²) in [6, 6.07) is 13.2. The molecule has 170 valence electrons. The van der Waals surface area contributed by atoms with Crippen molar-refractivity contribution >= 4 is 23.2 Å². The third-order valence-electron chi connectivity index (χ3n) is 5.70. The van der Waals surface area contributed by atoms with Crippen LogP contribution in [-0.2, 0) is 14.4 Å². The van der Waals surface area contributed by atoms with Gasteiger partial charge in [-0.2, -0.15) is 0 Å². The van der Waals surface area contributed by atoms with E-state index in [1.165, 1.54) is 12.0 Å². The minimum absolute atomic E-state index is 0.294. The van der Waals surface area contributed by atoms with Crippen LogP contribution in [0.25, 0.3) is 11.5 Å². The van der Waals surface area contributed by atoms with Crippen molar-refractivity contribution in [3.63, 3.8) is 0 Å². The highest BCUT2D eigenvalue weighted by atomic mass is 16.5. The Morgan fingerprint density at radius 2 is 1.70 bits per heavy atom. The summed E-state index contributed by atoms with van der Waals surface area (Å²) >= 11 is 0. The van der Waals surface area contributed by atoms with E-state index in [9.17, 15) is 14.4 Å². The zero-order chi connectivity index (χ0) is 23.9. The number of hydrogen-bond donors (Lipinski definition) is 0. The molecule has 1 saturated heterocycles. The highest BCUT2D eigenvalue weighted by Gasteiger charge is 2.54. The summed E-state index contributed by atoms with van der Waals surface area (Å²) in [4.78, 5) is 41.1. The van der Waals surface area contributed by atoms with Crippen LogP contribution in [0.15, 0.2) is 52.9 Å². The molecule has 2 unspecified atom stereocenters. The number of aromatic nitrogens is 2. The molecular formula is C25H25N3O5. The average Bonchev–Trinajstić information content (AvgIpc) is 3.34. The van der Waals surface area contributed by atoms with Gasteiger partial charge in [0.05, 0.1) is 13.2 Å². The summed E-state index contributed by atoms with van der Waals surface area (Å²) in [5, 5.41) is 7.84. The first-order chi connectivity index (χ1) is 15.6. The third kappa shape index (κ3) is 3.92. The van der Waals surface area contributed by atoms with Gasteiger partial charge in [-0.1, -0.05) is 39.0 Å². The molecule has 1 aliphatic heterocycles. The second-order valence-corrected chi connectivity index (χ2v) is 8.99. The first kappa shape index (κ1) is 22.4. The molecule has 0 aliphatic carbocycles. The fraction of sp³-hybridized carbons (Fsp3) is 0.320. The van der Waals surface area contributed by atoms with Crippen molar-refractivity contribution in [2.24, 2.45) is 11.3 Å². The number of rotatable bonds is 5. The molecule has 4 rings (SSSR count). The predicted octanol–water partition coefficient (Wildman–Crippen LogP) is 3.94. The Hall–Kier alpha value is -3.81. The molecule has 1 aliphatic rings. The smallest absolute Gasteiger partial charge is 0.295 e. The zero-order valence-electron chi connectivity index (χ0n) is 19.2. The van der Waals surface area contributed by atoms with E-state index in [1.54, 1.807) is 76.2 Å². The minimum Gasteiger partial charge on any atom is -0.496 e. The van der Waals surface area contributed by atoms with Crippen LogP contribution in [-0.4, -0.2) is 34.8 Å². The number of amides is 1. The topological polar surface area (TPSA) is 103 Å². The first-order valence-corrected chi connectivity index (χ1v) is 10.6. The van der Waals surface area contributed by atoms with E-state index < -0.39 is 29.1 Å². The third-order valence-corrected chi connectivity index (χ3v) is 5.70. The van der Waals surface area contributed by atoms with Crippen LogP contribution in [0.5, 0.6) is 5.75 Å². The number of ether oxygens (including phenoxy) is 1. The summed E-state index contributed by atoms with van der Waals surface area (Å²) in [5.74, 6) is -1.60. The lowest BCUT2D eigenvalue weighted by Crippen LogP contribution is -2.36. The largest absolute Gasteiger partial charge is 0.496 e. The van der Waals surface area contributed by atoms with E-state index in [1.807, 2.05) is 0 Å². The van der Waals surface area contributed by atoms with Gasteiger partial charge in [0.2, 0.25) is 17.6 Å². The van der Waals surface area contributed by atoms with E-state index in [2.05, 4.69) is 10.2 Å². The molecule has 0 saturated carbocycles. The molecule has 3 aromatic rings. The van der Waals surface area contributed by atoms with E-state index in [0.29, 0.717) is 34.3 Å². The number of ketones is 2. The molecule has 8 heteroatoms. The number of nitrogens with zero attached hydrogens (tertiary/aromatic N) is 3. The van der Waals surface area contributed by atoms with Gasteiger partial charge in [-0.25, -0.2) is 0 Å². The zero-order valence-corrected chi connectivity index (χ0v) is 19.2. The predicted molar refractivity (Wildman–Crippen MR) is 121 cm³/mol. The first-order valence-electron chi connectivity index (χ1n) is 10.6. The number of aryl methyl sites for hydroxylation is 1. The molecule has 0 bridgehead atoms. The number of carbonyl (C=O) groups excluding carboxylic acids is 3. The quantitative estimate of drug-likeness (QED) is 0.431. The van der Waals surface area contributed by atoms with Crippen molar-refractivity contribution < 1.29 is 23.5 Å². The Labute approximate surface area is 191 Å². The van der Waals surface area contributed by atoms with Crippen LogP contribution in [0.2, 0.25) is 0 Å². The maximum absolute atomic E-state index is 13.4. The van der Waals surface area contributed by atoms with Gasteiger partial charge in [0, 0.05) is 29.2 Å². The summed E-state index contributed by atoms with van der Waals surface area (Å²) in [6.07, 6.45) is 0. The summed E-state index contributed by atoms with van der Waals surface area (Å²) in [7, 11) is 1.52. The molecule has 33 heavy (non-hydrogen) atoms. The van der Waals surface area contributed by atoms with Crippen molar-refractivity contribution in [1.29, 1.82) is 0 Å². The van der Waals surface area contributed by atoms with Gasteiger partial charge in [0.15, 0.2) is 5.78 Å². The number of hydrogen-bond acceptors (Lipinski definition) is 7. The van der Waals surface area contributed by atoms with E-state index in [0.717, 1.165) is 0 Å². The van der Waals surface area contributed by atoms with Crippen molar-refractivity contribution in [3.8, 4) is 17.2 Å². The van der Waals surface area contributed by atoms with E-state index in [-0.39, 0.29) is 5.78 Å². The van der Waals surface area contributed by atoms with Gasteiger partial charge in [0.25, 0.3) is 5.91 Å². The number of Topliss-reactive ketones (excluding diaryl/α,β-unsaturated/α-hetero) is 2. The lowest BCUT2D eigenvalue weighted by Gasteiger charge is -2.30. The van der Waals surface area contributed by atoms with Crippen LogP contribution >= 0.6 is 0 Å². The maximum atomic E-state index is 13.4. The Morgan fingerprint density at radius 1 is 1.03 bits per heavy atom. The fourth-order valence-corrected chi connectivity index (χ4v) is 4.08. The maximum Gasteiger partial charge on any atom is 0.295 e. The second kappa shape index (κ2) is 8.27. The molecule has 1 amide bonds. The van der Waals surface area contributed by atoms with E-state index in [4.69, 9.17) is 9.15 Å². The highest BCUT2D eigenvalue weighted by molar-refractivity contribution is 6.48. The van der Waals surface area contributed by atoms with Gasteiger partial charge < -0.3 is 9.15 Å². The Balaban J connectivity index is 1.83. The second-order valence-electron chi connectivity index (χ2n) is 8.99. The lowest BCUT2D eigenvalue weighted by molar-refractivity contribution is -0.141. The van der Waals surface area contributed by atoms with Gasteiger partial charge >= 0.3 is 0 Å². The molecule has 2 aromatic carbocycles. The summed E-state index contributed by atoms with van der Waals surface area (Å²) in [6.45, 7) is 6.94. The highest BCUT2D eigenvalue weighted by Crippen LogP contribution is 2.45. The monoisotopic (exact) mass is 447 g/mol. The molecule has 0 spiro atoms. The molecule has 1 fully saturated rings. The van der Waals surface area contributed by atoms with Crippen molar-refractivity contribution in [3.05, 3.63) is 60.0 Å². The summed E-state index contributed by atoms with van der Waals surface area (Å²) in [5.41, 5.74) is 0.941. The fourth-order valence-electron chi connectivity index (χ4n) is 4.08. The molecular weight excluding hydrogens is 422 g/mol. The van der Waals surface area contributed by atoms with Crippen molar-refractivity contribution in [2.75, 3.05) is 12.0 Å². The van der Waals surface area contributed by atoms with Crippen molar-refractivity contribution in [1.82, 2.24) is 10.2 Å².